The van der Waals surface area contributed by atoms with Gasteiger partial charge in [0.1, 0.15) is 48.1 Å². The minimum Gasteiger partial charge on any atom is -1.00 e. The molecule has 1 amide bonds. The Kier molecular flexibility index (Phi) is 17.5. The van der Waals surface area contributed by atoms with E-state index in [2.05, 4.69) is 30.6 Å². The van der Waals surface area contributed by atoms with Crippen molar-refractivity contribution in [3.05, 3.63) is 113 Å². The summed E-state index contributed by atoms with van der Waals surface area (Å²) >= 11 is 0. The number of nitrogens with zero attached hydrogens (tertiary/aromatic N) is 8. The van der Waals surface area contributed by atoms with Crippen molar-refractivity contribution in [2.75, 3.05) is 69.4 Å². The maximum atomic E-state index is 15.6. The van der Waals surface area contributed by atoms with E-state index in [9.17, 15) is 34.1 Å². The van der Waals surface area contributed by atoms with Gasteiger partial charge in [-0.15, -0.1) is 4.68 Å². The van der Waals surface area contributed by atoms with Crippen LogP contribution in [0.1, 0.15) is 51.4 Å². The molecule has 0 bridgehead atoms. The summed E-state index contributed by atoms with van der Waals surface area (Å²) in [6, 6.07) is 18.6. The molecule has 3 aliphatic heterocycles. The highest BCUT2D eigenvalue weighted by Gasteiger charge is 2.48. The number of halogens is 3. The van der Waals surface area contributed by atoms with Gasteiger partial charge in [-0.1, -0.05) is 13.0 Å². The molecule has 2 aromatic heterocycles. The Morgan fingerprint density at radius 2 is 1.65 bits per heavy atom. The van der Waals surface area contributed by atoms with Crippen LogP contribution in [0.25, 0.3) is 5.69 Å². The number of carbonyl (C=O) groups excluding carboxylic acids is 2. The van der Waals surface area contributed by atoms with Gasteiger partial charge < -0.3 is 66.5 Å². The first kappa shape index (κ1) is 53.6. The molecule has 9 atom stereocenters. The number of alkyl carbamates (subject to hydrolysis) is 1. The van der Waals surface area contributed by atoms with E-state index in [1.807, 2.05) is 55.5 Å². The van der Waals surface area contributed by atoms with Gasteiger partial charge in [-0.3, -0.25) is 10.1 Å². The molecule has 24 heteroatoms. The highest BCUT2D eigenvalue weighted by atomic mass is 35.5. The molecule has 0 radical (unpaired) electrons. The summed E-state index contributed by atoms with van der Waals surface area (Å²) in [4.78, 5) is 42.8. The largest absolute Gasteiger partial charge is 1.00 e. The number of anilines is 2. The lowest BCUT2D eigenvalue weighted by Crippen LogP contribution is -3.00. The summed E-state index contributed by atoms with van der Waals surface area (Å²) in [7, 11) is 1.53. The fourth-order valence-corrected chi connectivity index (χ4v) is 9.37. The second-order valence-electron chi connectivity index (χ2n) is 18.0. The number of rotatable bonds is 19. The minimum atomic E-state index is -1.42. The molecular weight excluding hydrogens is 966 g/mol. The van der Waals surface area contributed by atoms with E-state index >= 15 is 4.39 Å². The highest BCUT2D eigenvalue weighted by molar-refractivity contribution is 5.72. The number of hydrogen-bond donors (Lipinski definition) is 5. The summed E-state index contributed by atoms with van der Waals surface area (Å²) in [5.41, 5.74) is 1.38. The van der Waals surface area contributed by atoms with E-state index in [0.717, 1.165) is 43.6 Å². The second-order valence-corrected chi connectivity index (χ2v) is 18.0. The number of aliphatic hydroxyl groups excluding tert-OH is 3. The van der Waals surface area contributed by atoms with Gasteiger partial charge in [0.05, 0.1) is 44.2 Å². The number of ether oxygens (including phenoxy) is 5. The van der Waals surface area contributed by atoms with Gasteiger partial charge >= 0.3 is 17.8 Å². The van der Waals surface area contributed by atoms with Crippen molar-refractivity contribution in [2.45, 2.75) is 88.7 Å². The summed E-state index contributed by atoms with van der Waals surface area (Å²) < 4.78 is 64.5. The van der Waals surface area contributed by atoms with Crippen molar-refractivity contribution in [3.8, 4) is 11.4 Å². The van der Waals surface area contributed by atoms with Crippen LogP contribution < -0.4 is 47.8 Å². The number of hydrogen-bond acceptors (Lipinski definition) is 16. The fourth-order valence-electron chi connectivity index (χ4n) is 9.37. The molecule has 0 spiro atoms. The SMILES string of the molecule is CC[C@@H]([C@H](C)O)n1ncn(-c2ccc(N3CCN(c4ccc(OC[C@@H]5CO[C@@](Cn6c[n+](C(C)OC(=O)NC7O[C@H](CO)[C@H](O)[C@H]7OC(=O)CNC)cn6)(c6ccc(F)cc6F)C5)cc4)CC3)cc2)c1=O.[Cl-]. The third-order valence-electron chi connectivity index (χ3n) is 13.2. The molecule has 5 heterocycles. The average Bonchev–Trinajstić information content (AvgIpc) is 4.16. The molecule has 21 nitrogen and oxygen atoms in total. The minimum absolute atomic E-state index is 0. The molecule has 3 fully saturated rings. The van der Waals surface area contributed by atoms with Crippen LogP contribution in [-0.4, -0.2) is 142 Å². The number of benzene rings is 3. The van der Waals surface area contributed by atoms with E-state index in [4.69, 9.17) is 23.7 Å². The lowest BCUT2D eigenvalue weighted by Gasteiger charge is -2.37. The maximum Gasteiger partial charge on any atom is 0.412 e. The Morgan fingerprint density at radius 3 is 2.28 bits per heavy atom. The van der Waals surface area contributed by atoms with Crippen LogP contribution in [0.15, 0.2) is 90.5 Å². The summed E-state index contributed by atoms with van der Waals surface area (Å²) in [6.45, 7) is 8.02. The fraction of sp³-hybridized carbons (Fsp3) is 0.500. The van der Waals surface area contributed by atoms with Crippen molar-refractivity contribution in [1.29, 1.82) is 0 Å². The number of esters is 1. The molecule has 3 saturated heterocycles. The van der Waals surface area contributed by atoms with E-state index in [-0.39, 0.29) is 55.9 Å². The van der Waals surface area contributed by atoms with Crippen molar-refractivity contribution in [3.63, 3.8) is 0 Å². The van der Waals surface area contributed by atoms with Gasteiger partial charge in [0, 0.05) is 67.1 Å². The standard InChI is InChI=1S/C48H60F2N10O11.ClH/c1-5-40(30(2)62)60-47(66)59(28-53-60)36-9-7-34(8-10-36)55-16-18-56(19-17-55)35-11-13-37(14-12-35)67-24-32-21-48(68-25-32,38-15-6-33(49)20-39(38)50)26-58-29-57(27-52-58)31(3)69-46(65)54-45-44(71-42(63)22-51-4)43(64)41(23-61)70-45;/h6-15,20,27-32,40-41,43-45,51,61-62,64H,5,16-19,21-26H2,1-4H3;1H/t30-,31?,32+,40-,41+,43-,44+,45?,48-;/m0./s1. The van der Waals surface area contributed by atoms with Crippen LogP contribution >= 0.6 is 0 Å². The van der Waals surface area contributed by atoms with Gasteiger partial charge in [-0.2, -0.15) is 9.67 Å². The first-order chi connectivity index (χ1) is 34.2. The first-order valence-electron chi connectivity index (χ1n) is 23.6. The smallest absolute Gasteiger partial charge is 0.412 e. The Morgan fingerprint density at radius 1 is 0.986 bits per heavy atom. The summed E-state index contributed by atoms with van der Waals surface area (Å²) in [6.07, 6.45) is -2.49. The molecule has 390 valence electrons. The lowest BCUT2D eigenvalue weighted by molar-refractivity contribution is -0.753. The average molecular weight is 1030 g/mol. The molecule has 5 N–H and O–H groups in total. The quantitative estimate of drug-likeness (QED) is 0.0490. The summed E-state index contributed by atoms with van der Waals surface area (Å²) in [5.74, 6) is -1.75. The predicted molar refractivity (Wildman–Crippen MR) is 250 cm³/mol. The zero-order valence-electron chi connectivity index (χ0n) is 40.3. The van der Waals surface area contributed by atoms with Crippen molar-refractivity contribution >= 4 is 23.4 Å². The molecule has 3 aliphatic rings. The molecule has 0 aliphatic carbocycles. The topological polar surface area (TPSA) is 233 Å². The highest BCUT2D eigenvalue weighted by Crippen LogP contribution is 2.42. The van der Waals surface area contributed by atoms with Crippen molar-refractivity contribution in [2.24, 2.45) is 5.92 Å². The second kappa shape index (κ2) is 23.6. The Labute approximate surface area is 420 Å². The number of nitrogens with one attached hydrogen (secondary N) is 2. The van der Waals surface area contributed by atoms with E-state index in [1.54, 1.807) is 20.2 Å². The number of amides is 1. The van der Waals surface area contributed by atoms with Crippen LogP contribution in [0.3, 0.4) is 0 Å². The monoisotopic (exact) mass is 1030 g/mol. The Hall–Kier alpha value is -6.21. The van der Waals surface area contributed by atoms with E-state index in [1.165, 1.54) is 50.3 Å². The third kappa shape index (κ3) is 12.0. The van der Waals surface area contributed by atoms with Gasteiger partial charge in [-0.05, 0) is 81.4 Å². The molecule has 2 unspecified atom stereocenters. The van der Waals surface area contributed by atoms with Gasteiger partial charge in [0.2, 0.25) is 12.6 Å². The summed E-state index contributed by atoms with van der Waals surface area (Å²) in [5, 5.41) is 44.0. The van der Waals surface area contributed by atoms with Crippen LogP contribution in [0.5, 0.6) is 5.75 Å². The normalized spacial score (nSPS) is 23.3. The zero-order valence-corrected chi connectivity index (χ0v) is 41.1. The number of likely N-dealkylation sites (N-methyl/N-ethyl adjacent to an activating group) is 1. The molecule has 3 aromatic carbocycles. The van der Waals surface area contributed by atoms with E-state index < -0.39 is 78.8 Å². The third-order valence-corrected chi connectivity index (χ3v) is 13.2. The zero-order chi connectivity index (χ0) is 50.4. The lowest BCUT2D eigenvalue weighted by atomic mass is 9.87. The number of piperazine rings is 1. The molecule has 72 heavy (non-hydrogen) atoms. The molecule has 5 aromatic rings. The van der Waals surface area contributed by atoms with Crippen LogP contribution in [0, 0.1) is 17.6 Å². The Bertz CT molecular complexity index is 2650. The molecule has 0 saturated carbocycles. The van der Waals surface area contributed by atoms with Crippen LogP contribution in [0.4, 0.5) is 25.0 Å². The van der Waals surface area contributed by atoms with Crippen molar-refractivity contribution < 1.29 is 74.3 Å². The van der Waals surface area contributed by atoms with Crippen molar-refractivity contribution in [1.82, 2.24) is 34.8 Å². The predicted octanol–water partition coefficient (Wildman–Crippen LogP) is -1.08. The van der Waals surface area contributed by atoms with Gasteiger partial charge in [0.15, 0.2) is 12.3 Å². The van der Waals surface area contributed by atoms with Crippen LogP contribution in [0.2, 0.25) is 0 Å². The Balaban J connectivity index is 0.00000760. The molecular formula is C48H61ClF2N10O11. The van der Waals surface area contributed by atoms with Gasteiger partial charge in [-0.25, -0.2) is 27.6 Å². The number of aliphatic hydroxyl groups is 3. The maximum absolute atomic E-state index is 15.6. The number of carbonyl (C=O) groups is 2. The number of aromatic nitrogens is 6. The van der Waals surface area contributed by atoms with Crippen LogP contribution in [-0.2, 0) is 35.9 Å². The molecule has 8 rings (SSSR count). The van der Waals surface area contributed by atoms with Gasteiger partial charge in [0.25, 0.3) is 6.33 Å². The van der Waals surface area contributed by atoms with E-state index in [0.29, 0.717) is 24.3 Å². The first-order valence-corrected chi connectivity index (χ1v) is 23.6.